The SMILES string of the molecule is O=S(=O)(Nc1cc(C(F)(F)F)ccc1F)c1cnc(Cl)s1. The second-order valence-electron chi connectivity index (χ2n) is 3.73. The molecule has 0 aliphatic rings. The van der Waals surface area contributed by atoms with Gasteiger partial charge in [0, 0.05) is 0 Å². The number of hydrogen-bond donors (Lipinski definition) is 1. The van der Waals surface area contributed by atoms with Gasteiger partial charge in [-0.3, -0.25) is 4.72 Å². The first-order valence-corrected chi connectivity index (χ1v) is 7.78. The summed E-state index contributed by atoms with van der Waals surface area (Å²) < 4.78 is 76.2. The molecule has 1 aromatic carbocycles. The van der Waals surface area contributed by atoms with E-state index in [1.54, 1.807) is 4.72 Å². The van der Waals surface area contributed by atoms with Gasteiger partial charge in [-0.25, -0.2) is 17.8 Å². The van der Waals surface area contributed by atoms with Gasteiger partial charge < -0.3 is 0 Å². The molecule has 0 unspecified atom stereocenters. The van der Waals surface area contributed by atoms with Crippen LogP contribution in [-0.2, 0) is 16.2 Å². The van der Waals surface area contributed by atoms with Crippen LogP contribution in [0.4, 0.5) is 23.2 Å². The summed E-state index contributed by atoms with van der Waals surface area (Å²) in [6.45, 7) is 0. The number of halogens is 5. The van der Waals surface area contributed by atoms with Gasteiger partial charge in [0.05, 0.1) is 17.4 Å². The Bertz CT molecular complexity index is 774. The van der Waals surface area contributed by atoms with Crippen LogP contribution in [0.15, 0.2) is 28.6 Å². The molecule has 0 amide bonds. The molecule has 4 nitrogen and oxygen atoms in total. The molecule has 11 heteroatoms. The molecule has 0 bridgehead atoms. The van der Waals surface area contributed by atoms with E-state index in [-0.39, 0.29) is 8.68 Å². The standard InChI is InChI=1S/C10H5ClF4N2O2S2/c11-9-16-4-8(20-9)21(18,19)17-7-3-5(10(13,14)15)1-2-6(7)12/h1-4,17H. The first-order chi connectivity index (χ1) is 9.59. The van der Waals surface area contributed by atoms with Crippen LogP contribution in [-0.4, -0.2) is 13.4 Å². The van der Waals surface area contributed by atoms with Gasteiger partial charge in [0.2, 0.25) is 0 Å². The summed E-state index contributed by atoms with van der Waals surface area (Å²) >= 11 is 6.07. The Labute approximate surface area is 125 Å². The lowest BCUT2D eigenvalue weighted by Gasteiger charge is -2.11. The van der Waals surface area contributed by atoms with Gasteiger partial charge in [-0.05, 0) is 18.2 Å². The highest BCUT2D eigenvalue weighted by molar-refractivity contribution is 7.94. The lowest BCUT2D eigenvalue weighted by molar-refractivity contribution is -0.137. The normalized spacial score (nSPS) is 12.4. The second kappa shape index (κ2) is 5.43. The van der Waals surface area contributed by atoms with E-state index in [0.29, 0.717) is 29.5 Å². The minimum atomic E-state index is -4.72. The molecule has 0 saturated heterocycles. The van der Waals surface area contributed by atoms with E-state index in [4.69, 9.17) is 11.6 Å². The smallest absolute Gasteiger partial charge is 0.276 e. The second-order valence-corrected chi connectivity index (χ2v) is 7.25. The number of benzene rings is 1. The van der Waals surface area contributed by atoms with E-state index in [0.717, 1.165) is 6.20 Å². The van der Waals surface area contributed by atoms with Crippen molar-refractivity contribution in [3.8, 4) is 0 Å². The van der Waals surface area contributed by atoms with E-state index >= 15 is 0 Å². The summed E-state index contributed by atoms with van der Waals surface area (Å²) in [5.74, 6) is -1.14. The van der Waals surface area contributed by atoms with Crippen LogP contribution in [0.2, 0.25) is 4.47 Å². The first-order valence-electron chi connectivity index (χ1n) is 5.10. The van der Waals surface area contributed by atoms with E-state index in [1.165, 1.54) is 0 Å². The average Bonchev–Trinajstić information content (AvgIpc) is 2.78. The molecule has 0 fully saturated rings. The number of thiazole rings is 1. The molecule has 2 aromatic rings. The van der Waals surface area contributed by atoms with Crippen molar-refractivity contribution in [2.24, 2.45) is 0 Å². The molecule has 0 spiro atoms. The maximum absolute atomic E-state index is 13.5. The molecule has 21 heavy (non-hydrogen) atoms. The molecule has 0 saturated carbocycles. The monoisotopic (exact) mass is 360 g/mol. The van der Waals surface area contributed by atoms with Gasteiger partial charge in [-0.15, -0.1) is 0 Å². The fourth-order valence-corrected chi connectivity index (χ4v) is 3.69. The predicted octanol–water partition coefficient (Wildman–Crippen LogP) is 3.76. The van der Waals surface area contributed by atoms with Crippen molar-refractivity contribution >= 4 is 38.6 Å². The molecule has 0 aliphatic heterocycles. The number of nitrogens with zero attached hydrogens (tertiary/aromatic N) is 1. The number of nitrogens with one attached hydrogen (secondary N) is 1. The van der Waals surface area contributed by atoms with Crippen LogP contribution >= 0.6 is 22.9 Å². The van der Waals surface area contributed by atoms with Crippen molar-refractivity contribution in [1.29, 1.82) is 0 Å². The highest BCUT2D eigenvalue weighted by Crippen LogP contribution is 2.33. The molecule has 1 heterocycles. The topological polar surface area (TPSA) is 59.1 Å². The zero-order chi connectivity index (χ0) is 15.8. The molecule has 0 aliphatic carbocycles. The van der Waals surface area contributed by atoms with Gasteiger partial charge in [0.25, 0.3) is 10.0 Å². The number of anilines is 1. The third-order valence-electron chi connectivity index (χ3n) is 2.26. The van der Waals surface area contributed by atoms with Crippen molar-refractivity contribution < 1.29 is 26.0 Å². The molecular weight excluding hydrogens is 356 g/mol. The Morgan fingerprint density at radius 2 is 1.95 bits per heavy atom. The highest BCUT2D eigenvalue weighted by atomic mass is 35.5. The molecule has 2 rings (SSSR count). The van der Waals surface area contributed by atoms with Gasteiger partial charge >= 0.3 is 6.18 Å². The number of rotatable bonds is 3. The lowest BCUT2D eigenvalue weighted by Crippen LogP contribution is -2.14. The van der Waals surface area contributed by atoms with Crippen molar-refractivity contribution in [3.05, 3.63) is 40.2 Å². The van der Waals surface area contributed by atoms with E-state index in [2.05, 4.69) is 4.98 Å². The van der Waals surface area contributed by atoms with Crippen LogP contribution in [0.5, 0.6) is 0 Å². The summed E-state index contributed by atoms with van der Waals surface area (Å²) in [6, 6.07) is 1.41. The third-order valence-corrected chi connectivity index (χ3v) is 5.20. The van der Waals surface area contributed by atoms with Crippen LogP contribution in [0.3, 0.4) is 0 Å². The highest BCUT2D eigenvalue weighted by Gasteiger charge is 2.31. The Morgan fingerprint density at radius 3 is 2.48 bits per heavy atom. The van der Waals surface area contributed by atoms with Crippen LogP contribution in [0.1, 0.15) is 5.56 Å². The largest absolute Gasteiger partial charge is 0.416 e. The summed E-state index contributed by atoms with van der Waals surface area (Å²) in [7, 11) is -4.26. The predicted molar refractivity (Wildman–Crippen MR) is 69.3 cm³/mol. The number of hydrogen-bond acceptors (Lipinski definition) is 4. The first kappa shape index (κ1) is 16.0. The third kappa shape index (κ3) is 3.63. The van der Waals surface area contributed by atoms with Crippen molar-refractivity contribution in [1.82, 2.24) is 4.98 Å². The Kier molecular flexibility index (Phi) is 4.13. The summed E-state index contributed by atoms with van der Waals surface area (Å²) in [5.41, 5.74) is -1.99. The maximum Gasteiger partial charge on any atom is 0.416 e. The van der Waals surface area contributed by atoms with Crippen molar-refractivity contribution in [2.45, 2.75) is 10.4 Å². The van der Waals surface area contributed by atoms with E-state index in [1.807, 2.05) is 0 Å². The lowest BCUT2D eigenvalue weighted by atomic mass is 10.2. The van der Waals surface area contributed by atoms with Gasteiger partial charge in [0.1, 0.15) is 5.82 Å². The summed E-state index contributed by atoms with van der Waals surface area (Å²) in [5, 5.41) is 0. The van der Waals surface area contributed by atoms with Crippen molar-refractivity contribution in [2.75, 3.05) is 4.72 Å². The Morgan fingerprint density at radius 1 is 1.29 bits per heavy atom. The molecule has 1 aromatic heterocycles. The van der Waals surface area contributed by atoms with Crippen LogP contribution in [0.25, 0.3) is 0 Å². The minimum absolute atomic E-state index is 0.0695. The quantitative estimate of drug-likeness (QED) is 0.848. The molecular formula is C10H5ClF4N2O2S2. The number of alkyl halides is 3. The van der Waals surface area contributed by atoms with E-state index in [9.17, 15) is 26.0 Å². The van der Waals surface area contributed by atoms with Gasteiger partial charge in [0.15, 0.2) is 8.68 Å². The van der Waals surface area contributed by atoms with E-state index < -0.39 is 33.3 Å². The average molecular weight is 361 g/mol. The van der Waals surface area contributed by atoms with Crippen LogP contribution < -0.4 is 4.72 Å². The Hall–Kier alpha value is -1.39. The molecule has 1 N–H and O–H groups in total. The fourth-order valence-electron chi connectivity index (χ4n) is 1.34. The molecule has 0 atom stereocenters. The fraction of sp³-hybridized carbons (Fsp3) is 0.100. The summed E-state index contributed by atoms with van der Waals surface area (Å²) in [4.78, 5) is 3.49. The number of aromatic nitrogens is 1. The van der Waals surface area contributed by atoms with Gasteiger partial charge in [-0.1, -0.05) is 22.9 Å². The van der Waals surface area contributed by atoms with Crippen molar-refractivity contribution in [3.63, 3.8) is 0 Å². The minimum Gasteiger partial charge on any atom is -0.276 e. The zero-order valence-corrected chi connectivity index (χ0v) is 12.2. The number of sulfonamides is 1. The van der Waals surface area contributed by atoms with Gasteiger partial charge in [-0.2, -0.15) is 13.2 Å². The molecule has 0 radical (unpaired) electrons. The molecule has 114 valence electrons. The Balaban J connectivity index is 2.39. The zero-order valence-electron chi connectivity index (χ0n) is 9.78. The maximum atomic E-state index is 13.5. The van der Waals surface area contributed by atoms with Crippen LogP contribution in [0, 0.1) is 5.82 Å². The summed E-state index contributed by atoms with van der Waals surface area (Å²) in [6.07, 6.45) is -3.80.